The summed E-state index contributed by atoms with van der Waals surface area (Å²) in [4.78, 5) is 34.3. The second kappa shape index (κ2) is 8.69. The summed E-state index contributed by atoms with van der Waals surface area (Å²) in [5, 5.41) is 0. The van der Waals surface area contributed by atoms with Gasteiger partial charge in [-0.1, -0.05) is 37.3 Å². The van der Waals surface area contributed by atoms with E-state index in [0.29, 0.717) is 18.4 Å². The van der Waals surface area contributed by atoms with Crippen molar-refractivity contribution in [2.24, 2.45) is 0 Å². The normalized spacial score (nSPS) is 14.1. The highest BCUT2D eigenvalue weighted by molar-refractivity contribution is 5.96. The Bertz CT molecular complexity index is 1050. The van der Waals surface area contributed by atoms with Crippen molar-refractivity contribution in [1.82, 2.24) is 14.3 Å². The second-order valence-corrected chi connectivity index (χ2v) is 7.85. The number of likely N-dealkylation sites (N-methyl/N-ethyl adjacent to an activating group) is 1. The van der Waals surface area contributed by atoms with Crippen molar-refractivity contribution in [2.75, 3.05) is 25.0 Å². The van der Waals surface area contributed by atoms with Gasteiger partial charge < -0.3 is 4.90 Å². The number of hydrogen-bond donors (Lipinski definition) is 0. The first kappa shape index (κ1) is 20.1. The first-order valence-corrected chi connectivity index (χ1v) is 10.7. The minimum atomic E-state index is -0.00883. The lowest BCUT2D eigenvalue weighted by atomic mass is 10.1. The van der Waals surface area contributed by atoms with E-state index >= 15 is 0 Å². The zero-order chi connectivity index (χ0) is 21.1. The van der Waals surface area contributed by atoms with Crippen LogP contribution in [0.5, 0.6) is 0 Å². The largest absolute Gasteiger partial charge is 0.339 e. The van der Waals surface area contributed by atoms with Gasteiger partial charge in [-0.05, 0) is 43.4 Å². The second-order valence-electron chi connectivity index (χ2n) is 7.85. The molecule has 0 saturated carbocycles. The molecule has 1 aromatic carbocycles. The third kappa shape index (κ3) is 3.95. The number of piperidine rings is 1. The van der Waals surface area contributed by atoms with Gasteiger partial charge in [0.15, 0.2) is 0 Å². The molecule has 1 aliphatic rings. The third-order valence-corrected chi connectivity index (χ3v) is 5.78. The van der Waals surface area contributed by atoms with Crippen molar-refractivity contribution < 1.29 is 9.59 Å². The number of nitrogens with zero attached hydrogens (tertiary/aromatic N) is 4. The summed E-state index contributed by atoms with van der Waals surface area (Å²) in [5.41, 5.74) is 3.20. The molecule has 1 aliphatic heterocycles. The van der Waals surface area contributed by atoms with Crippen LogP contribution in [0, 0.1) is 0 Å². The number of carbonyl (C=O) groups excluding carboxylic acids is 2. The zero-order valence-electron chi connectivity index (χ0n) is 17.7. The number of benzene rings is 1. The van der Waals surface area contributed by atoms with E-state index in [2.05, 4.69) is 0 Å². The van der Waals surface area contributed by atoms with Crippen LogP contribution in [0.15, 0.2) is 48.7 Å². The van der Waals surface area contributed by atoms with Gasteiger partial charge in [-0.2, -0.15) is 0 Å². The van der Waals surface area contributed by atoms with Crippen LogP contribution in [0.1, 0.15) is 47.8 Å². The third-order valence-electron chi connectivity index (χ3n) is 5.78. The van der Waals surface area contributed by atoms with Gasteiger partial charge in [0.2, 0.25) is 5.91 Å². The topological polar surface area (TPSA) is 57.9 Å². The van der Waals surface area contributed by atoms with Gasteiger partial charge in [0.25, 0.3) is 5.91 Å². The highest BCUT2D eigenvalue weighted by Gasteiger charge is 2.23. The Morgan fingerprint density at radius 2 is 1.77 bits per heavy atom. The molecule has 3 heterocycles. The molecule has 156 valence electrons. The molecule has 0 radical (unpaired) electrons. The fraction of sp³-hybridized carbons (Fsp3) is 0.375. The predicted molar refractivity (Wildman–Crippen MR) is 118 cm³/mol. The molecule has 0 N–H and O–H groups in total. The van der Waals surface area contributed by atoms with Crippen molar-refractivity contribution in [3.05, 3.63) is 65.5 Å². The maximum Gasteiger partial charge on any atom is 0.255 e. The summed E-state index contributed by atoms with van der Waals surface area (Å²) in [6, 6.07) is 13.4. The number of hydrogen-bond acceptors (Lipinski definition) is 3. The van der Waals surface area contributed by atoms with Gasteiger partial charge >= 0.3 is 0 Å². The molecule has 0 aliphatic carbocycles. The van der Waals surface area contributed by atoms with Gasteiger partial charge in [-0.15, -0.1) is 0 Å². The van der Waals surface area contributed by atoms with E-state index in [1.165, 1.54) is 6.42 Å². The van der Waals surface area contributed by atoms with Gasteiger partial charge in [0, 0.05) is 26.3 Å². The minimum Gasteiger partial charge on any atom is -0.339 e. The van der Waals surface area contributed by atoms with E-state index < -0.39 is 0 Å². The summed E-state index contributed by atoms with van der Waals surface area (Å²) < 4.78 is 1.89. The molecule has 1 fully saturated rings. The van der Waals surface area contributed by atoms with Crippen LogP contribution in [0.25, 0.3) is 5.65 Å². The molecular weight excluding hydrogens is 376 g/mol. The summed E-state index contributed by atoms with van der Waals surface area (Å²) in [6.45, 7) is 3.65. The standard InChI is InChI=1S/C24H28N4O2/c1-3-20-23(26(2)22(29)16-18-10-6-4-7-11-18)28-17-19(12-13-21(28)25-20)24(30)27-14-8-5-9-15-27/h4,6-7,10-13,17H,3,5,8-9,14-16H2,1-2H3. The maximum absolute atomic E-state index is 13.0. The molecule has 4 rings (SSSR count). The number of amides is 2. The lowest BCUT2D eigenvalue weighted by Crippen LogP contribution is -2.35. The number of fused-ring (bicyclic) bond motifs is 1. The monoisotopic (exact) mass is 404 g/mol. The van der Waals surface area contributed by atoms with Gasteiger partial charge in [-0.3, -0.25) is 18.9 Å². The van der Waals surface area contributed by atoms with Crippen molar-refractivity contribution >= 4 is 23.3 Å². The van der Waals surface area contributed by atoms with Crippen molar-refractivity contribution in [1.29, 1.82) is 0 Å². The molecule has 3 aromatic rings. The zero-order valence-corrected chi connectivity index (χ0v) is 17.7. The smallest absolute Gasteiger partial charge is 0.255 e. The predicted octanol–water partition coefficient (Wildman–Crippen LogP) is 3.73. The Morgan fingerprint density at radius 3 is 2.47 bits per heavy atom. The van der Waals surface area contributed by atoms with Gasteiger partial charge in [0.1, 0.15) is 11.5 Å². The highest BCUT2D eigenvalue weighted by atomic mass is 16.2. The van der Waals surface area contributed by atoms with E-state index in [-0.39, 0.29) is 11.8 Å². The quantitative estimate of drug-likeness (QED) is 0.651. The average molecular weight is 405 g/mol. The first-order valence-electron chi connectivity index (χ1n) is 10.7. The number of aromatic nitrogens is 2. The Labute approximate surface area is 177 Å². The Balaban J connectivity index is 1.67. The molecular formula is C24H28N4O2. The van der Waals surface area contributed by atoms with Gasteiger partial charge in [-0.25, -0.2) is 4.98 Å². The Hall–Kier alpha value is -3.15. The number of anilines is 1. The molecule has 6 heteroatoms. The van der Waals surface area contributed by atoms with E-state index in [1.54, 1.807) is 11.9 Å². The number of imidazole rings is 1. The first-order chi connectivity index (χ1) is 14.6. The summed E-state index contributed by atoms with van der Waals surface area (Å²) in [6.07, 6.45) is 6.15. The minimum absolute atomic E-state index is 0.00883. The Kier molecular flexibility index (Phi) is 5.84. The number of aryl methyl sites for hydroxylation is 1. The summed E-state index contributed by atoms with van der Waals surface area (Å²) in [5.74, 6) is 0.778. The van der Waals surface area contributed by atoms with Crippen LogP contribution in [0.2, 0.25) is 0 Å². The van der Waals surface area contributed by atoms with Crippen LogP contribution >= 0.6 is 0 Å². The number of likely N-dealkylation sites (tertiary alicyclic amines) is 1. The maximum atomic E-state index is 13.0. The number of carbonyl (C=O) groups is 2. The molecule has 0 atom stereocenters. The van der Waals surface area contributed by atoms with Crippen molar-refractivity contribution in [3.8, 4) is 0 Å². The molecule has 2 amide bonds. The fourth-order valence-electron chi connectivity index (χ4n) is 4.09. The van der Waals surface area contributed by atoms with E-state index in [0.717, 1.165) is 48.7 Å². The SMILES string of the molecule is CCc1nc2ccc(C(=O)N3CCCCC3)cn2c1N(C)C(=O)Cc1ccccc1. The molecule has 30 heavy (non-hydrogen) atoms. The average Bonchev–Trinajstić information content (AvgIpc) is 3.17. The lowest BCUT2D eigenvalue weighted by molar-refractivity contribution is -0.117. The van der Waals surface area contributed by atoms with E-state index in [1.807, 2.05) is 64.9 Å². The molecule has 1 saturated heterocycles. The fourth-order valence-corrected chi connectivity index (χ4v) is 4.09. The van der Waals surface area contributed by atoms with Crippen LogP contribution in [-0.2, 0) is 17.6 Å². The van der Waals surface area contributed by atoms with Crippen LogP contribution < -0.4 is 4.90 Å². The van der Waals surface area contributed by atoms with Crippen LogP contribution in [0.3, 0.4) is 0 Å². The molecule has 0 spiro atoms. The van der Waals surface area contributed by atoms with Crippen molar-refractivity contribution in [2.45, 2.75) is 39.0 Å². The van der Waals surface area contributed by atoms with Crippen LogP contribution in [0.4, 0.5) is 5.82 Å². The Morgan fingerprint density at radius 1 is 1.03 bits per heavy atom. The number of pyridine rings is 1. The lowest BCUT2D eigenvalue weighted by Gasteiger charge is -2.26. The summed E-state index contributed by atoms with van der Waals surface area (Å²) >= 11 is 0. The van der Waals surface area contributed by atoms with Crippen molar-refractivity contribution in [3.63, 3.8) is 0 Å². The van der Waals surface area contributed by atoms with Crippen LogP contribution in [-0.4, -0.2) is 46.2 Å². The highest BCUT2D eigenvalue weighted by Crippen LogP contribution is 2.24. The molecule has 0 bridgehead atoms. The number of rotatable bonds is 5. The van der Waals surface area contributed by atoms with Gasteiger partial charge in [0.05, 0.1) is 17.7 Å². The molecule has 2 aromatic heterocycles. The van der Waals surface area contributed by atoms with E-state index in [9.17, 15) is 9.59 Å². The molecule has 6 nitrogen and oxygen atoms in total. The molecule has 0 unspecified atom stereocenters. The summed E-state index contributed by atoms with van der Waals surface area (Å²) in [7, 11) is 1.78. The van der Waals surface area contributed by atoms with E-state index in [4.69, 9.17) is 4.98 Å².